The molecule has 20 heavy (non-hydrogen) atoms. The molecule has 6 nitrogen and oxygen atoms in total. The number of aliphatic carboxylic acids is 1. The molecule has 2 N–H and O–H groups in total. The molecule has 3 unspecified atom stereocenters. The summed E-state index contributed by atoms with van der Waals surface area (Å²) >= 11 is 0. The van der Waals surface area contributed by atoms with Gasteiger partial charge in [0.1, 0.15) is 0 Å². The third-order valence-electron chi connectivity index (χ3n) is 4.80. The van der Waals surface area contributed by atoms with Crippen LogP contribution in [0.1, 0.15) is 33.1 Å². The maximum absolute atomic E-state index is 12.2. The summed E-state index contributed by atoms with van der Waals surface area (Å²) in [4.78, 5) is 24.6. The van der Waals surface area contributed by atoms with Crippen molar-refractivity contribution in [2.75, 3.05) is 20.2 Å². The minimum atomic E-state index is -0.791. The van der Waals surface area contributed by atoms with E-state index in [9.17, 15) is 9.59 Å². The van der Waals surface area contributed by atoms with E-state index < -0.39 is 5.97 Å². The zero-order valence-electron chi connectivity index (χ0n) is 12.4. The topological polar surface area (TPSA) is 78.9 Å². The summed E-state index contributed by atoms with van der Waals surface area (Å²) in [6, 6.07) is 0.0454. The maximum atomic E-state index is 12.2. The molecule has 1 heterocycles. The van der Waals surface area contributed by atoms with Gasteiger partial charge in [-0.2, -0.15) is 0 Å². The van der Waals surface area contributed by atoms with Crippen LogP contribution in [-0.2, 0) is 9.53 Å². The summed E-state index contributed by atoms with van der Waals surface area (Å²) in [6.45, 7) is 5.36. The Hall–Kier alpha value is -1.30. The number of ether oxygens (including phenoxy) is 1. The van der Waals surface area contributed by atoms with Gasteiger partial charge in [0.25, 0.3) is 0 Å². The van der Waals surface area contributed by atoms with Gasteiger partial charge < -0.3 is 20.1 Å². The van der Waals surface area contributed by atoms with E-state index in [0.717, 1.165) is 12.8 Å². The molecule has 0 aromatic heterocycles. The van der Waals surface area contributed by atoms with Crippen molar-refractivity contribution in [1.29, 1.82) is 0 Å². The minimum Gasteiger partial charge on any atom is -0.481 e. The molecule has 6 heteroatoms. The summed E-state index contributed by atoms with van der Waals surface area (Å²) in [5, 5.41) is 11.8. The molecule has 1 aliphatic carbocycles. The highest BCUT2D eigenvalue weighted by molar-refractivity contribution is 5.75. The molecule has 1 saturated heterocycles. The molecule has 2 rings (SSSR count). The molecular weight excluding hydrogens is 260 g/mol. The Morgan fingerprint density at radius 1 is 1.45 bits per heavy atom. The van der Waals surface area contributed by atoms with Gasteiger partial charge in [0.2, 0.25) is 0 Å². The first-order chi connectivity index (χ1) is 9.34. The number of urea groups is 1. The van der Waals surface area contributed by atoms with Crippen LogP contribution < -0.4 is 5.32 Å². The number of amides is 2. The maximum Gasteiger partial charge on any atom is 0.317 e. The van der Waals surface area contributed by atoms with Crippen molar-refractivity contribution in [3.05, 3.63) is 0 Å². The summed E-state index contributed by atoms with van der Waals surface area (Å²) in [7, 11) is 1.70. The predicted molar refractivity (Wildman–Crippen MR) is 73.4 cm³/mol. The highest BCUT2D eigenvalue weighted by Gasteiger charge is 2.49. The lowest BCUT2D eigenvalue weighted by molar-refractivity contribution is -0.138. The van der Waals surface area contributed by atoms with Gasteiger partial charge in [-0.05, 0) is 18.8 Å². The van der Waals surface area contributed by atoms with Crippen LogP contribution in [0.15, 0.2) is 0 Å². The Kier molecular flexibility index (Phi) is 4.22. The lowest BCUT2D eigenvalue weighted by Crippen LogP contribution is -2.63. The highest BCUT2D eigenvalue weighted by atomic mass is 16.5. The largest absolute Gasteiger partial charge is 0.481 e. The van der Waals surface area contributed by atoms with E-state index >= 15 is 0 Å². The molecule has 3 atom stereocenters. The number of hydrogen-bond acceptors (Lipinski definition) is 3. The van der Waals surface area contributed by atoms with Crippen LogP contribution in [0.2, 0.25) is 0 Å². The number of carbonyl (C=O) groups excluding carboxylic acids is 1. The fraction of sp³-hybridized carbons (Fsp3) is 0.857. The normalized spacial score (nSPS) is 31.8. The lowest BCUT2D eigenvalue weighted by Gasteiger charge is -2.51. The summed E-state index contributed by atoms with van der Waals surface area (Å²) < 4.78 is 5.37. The Bertz CT molecular complexity index is 397. The molecule has 2 amide bonds. The second kappa shape index (κ2) is 5.60. The van der Waals surface area contributed by atoms with E-state index in [0.29, 0.717) is 13.1 Å². The standard InChI is InChI=1S/C14H24N2O4/c1-14(2)10(7-11(14)20-3)15-13(19)16-5-4-9(8-16)6-12(17)18/h9-11H,4-8H2,1-3H3,(H,15,19)(H,17,18). The van der Waals surface area contributed by atoms with Gasteiger partial charge in [-0.1, -0.05) is 13.8 Å². The predicted octanol–water partition coefficient (Wildman–Crippen LogP) is 1.31. The van der Waals surface area contributed by atoms with Crippen molar-refractivity contribution in [2.24, 2.45) is 11.3 Å². The average molecular weight is 284 g/mol. The van der Waals surface area contributed by atoms with Crippen LogP contribution in [0.25, 0.3) is 0 Å². The van der Waals surface area contributed by atoms with E-state index in [4.69, 9.17) is 9.84 Å². The minimum absolute atomic E-state index is 0.0510. The van der Waals surface area contributed by atoms with Crippen molar-refractivity contribution in [2.45, 2.75) is 45.3 Å². The van der Waals surface area contributed by atoms with Crippen LogP contribution in [0.3, 0.4) is 0 Å². The molecule has 0 aromatic carbocycles. The number of nitrogens with zero attached hydrogens (tertiary/aromatic N) is 1. The van der Waals surface area contributed by atoms with Crippen molar-refractivity contribution < 1.29 is 19.4 Å². The van der Waals surface area contributed by atoms with Gasteiger partial charge in [-0.15, -0.1) is 0 Å². The van der Waals surface area contributed by atoms with Gasteiger partial charge >= 0.3 is 12.0 Å². The van der Waals surface area contributed by atoms with Gasteiger partial charge in [0.05, 0.1) is 6.10 Å². The number of carboxylic acid groups (broad SMARTS) is 1. The summed E-state index contributed by atoms with van der Waals surface area (Å²) in [5.74, 6) is -0.709. The molecule has 2 fully saturated rings. The monoisotopic (exact) mass is 284 g/mol. The molecule has 0 bridgehead atoms. The third kappa shape index (κ3) is 2.90. The first-order valence-corrected chi connectivity index (χ1v) is 7.14. The Morgan fingerprint density at radius 2 is 2.15 bits per heavy atom. The fourth-order valence-electron chi connectivity index (χ4n) is 3.20. The highest BCUT2D eigenvalue weighted by Crippen LogP contribution is 2.42. The number of nitrogens with one attached hydrogen (secondary N) is 1. The number of hydrogen-bond donors (Lipinski definition) is 2. The van der Waals surface area contributed by atoms with E-state index in [2.05, 4.69) is 19.2 Å². The lowest BCUT2D eigenvalue weighted by atomic mass is 9.64. The van der Waals surface area contributed by atoms with Crippen LogP contribution in [0, 0.1) is 11.3 Å². The number of likely N-dealkylation sites (tertiary alicyclic amines) is 1. The molecule has 0 radical (unpaired) electrons. The third-order valence-corrected chi connectivity index (χ3v) is 4.80. The van der Waals surface area contributed by atoms with Crippen LogP contribution >= 0.6 is 0 Å². The molecule has 0 aromatic rings. The number of rotatable bonds is 4. The quantitative estimate of drug-likeness (QED) is 0.815. The number of methoxy groups -OCH3 is 1. The van der Waals surface area contributed by atoms with Crippen LogP contribution in [0.4, 0.5) is 4.79 Å². The van der Waals surface area contributed by atoms with Gasteiger partial charge in [0, 0.05) is 38.1 Å². The summed E-state index contributed by atoms with van der Waals surface area (Å²) in [5.41, 5.74) is -0.0510. The Labute approximate surface area is 119 Å². The average Bonchev–Trinajstić information content (AvgIpc) is 2.81. The molecular formula is C14H24N2O4. The smallest absolute Gasteiger partial charge is 0.317 e. The number of carboxylic acids is 1. The van der Waals surface area contributed by atoms with E-state index in [1.54, 1.807) is 12.0 Å². The SMILES string of the molecule is COC1CC(NC(=O)N2CCC(CC(=O)O)C2)C1(C)C. The first-order valence-electron chi connectivity index (χ1n) is 7.14. The number of carbonyl (C=O) groups is 2. The van der Waals surface area contributed by atoms with Gasteiger partial charge in [-0.25, -0.2) is 4.79 Å². The van der Waals surface area contributed by atoms with E-state index in [-0.39, 0.29) is 35.9 Å². The molecule has 0 spiro atoms. The second-order valence-electron chi connectivity index (χ2n) is 6.48. The van der Waals surface area contributed by atoms with Crippen LogP contribution in [0.5, 0.6) is 0 Å². The molecule has 1 saturated carbocycles. The first kappa shape index (κ1) is 15.1. The summed E-state index contributed by atoms with van der Waals surface area (Å²) in [6.07, 6.45) is 1.94. The Balaban J connectivity index is 1.81. The zero-order chi connectivity index (χ0) is 14.9. The van der Waals surface area contributed by atoms with Crippen molar-refractivity contribution in [3.63, 3.8) is 0 Å². The Morgan fingerprint density at radius 3 is 2.70 bits per heavy atom. The second-order valence-corrected chi connectivity index (χ2v) is 6.48. The van der Waals surface area contributed by atoms with E-state index in [1.807, 2.05) is 0 Å². The fourth-order valence-corrected chi connectivity index (χ4v) is 3.20. The van der Waals surface area contributed by atoms with Crippen LogP contribution in [-0.4, -0.2) is 54.4 Å². The van der Waals surface area contributed by atoms with E-state index in [1.165, 1.54) is 0 Å². The van der Waals surface area contributed by atoms with Crippen molar-refractivity contribution in [3.8, 4) is 0 Å². The van der Waals surface area contributed by atoms with Gasteiger partial charge in [0.15, 0.2) is 0 Å². The van der Waals surface area contributed by atoms with Crippen molar-refractivity contribution in [1.82, 2.24) is 10.2 Å². The zero-order valence-corrected chi connectivity index (χ0v) is 12.4. The molecule has 2 aliphatic rings. The molecule has 1 aliphatic heterocycles. The molecule has 114 valence electrons. The van der Waals surface area contributed by atoms with Gasteiger partial charge in [-0.3, -0.25) is 4.79 Å². The van der Waals surface area contributed by atoms with Crippen molar-refractivity contribution >= 4 is 12.0 Å².